The fourth-order valence-corrected chi connectivity index (χ4v) is 2.24. The van der Waals surface area contributed by atoms with E-state index in [9.17, 15) is 4.79 Å². The van der Waals surface area contributed by atoms with Gasteiger partial charge in [0.2, 0.25) is 11.1 Å². The topological polar surface area (TPSA) is 85.8 Å². The quantitative estimate of drug-likeness (QED) is 0.584. The number of nitrogens with zero attached hydrogens (tertiary/aromatic N) is 4. The Morgan fingerprint density at radius 2 is 2.45 bits per heavy atom. The molecule has 20 heavy (non-hydrogen) atoms. The van der Waals surface area contributed by atoms with Crippen LogP contribution in [0.3, 0.4) is 0 Å². The molecule has 0 radical (unpaired) electrons. The Bertz CT molecular complexity index is 526. The summed E-state index contributed by atoms with van der Waals surface area (Å²) in [4.78, 5) is 11.6. The lowest BCUT2D eigenvalue weighted by Gasteiger charge is -2.04. The van der Waals surface area contributed by atoms with E-state index in [1.165, 1.54) is 11.8 Å². The number of furan rings is 1. The summed E-state index contributed by atoms with van der Waals surface area (Å²) >= 11 is 1.31. The molecule has 8 heteroatoms. The molecule has 2 rings (SSSR count). The SMILES string of the molecule is CCCCNC(=O)CSc1nnnn1Cc1ccco1. The molecule has 0 saturated carbocycles. The lowest BCUT2D eigenvalue weighted by atomic mass is 10.3. The number of amides is 1. The number of unbranched alkanes of at least 4 members (excludes halogenated alkanes) is 1. The van der Waals surface area contributed by atoms with Gasteiger partial charge in [-0.2, -0.15) is 0 Å². The Hall–Kier alpha value is -1.83. The van der Waals surface area contributed by atoms with E-state index in [1.807, 2.05) is 12.1 Å². The van der Waals surface area contributed by atoms with Crippen molar-refractivity contribution in [3.63, 3.8) is 0 Å². The van der Waals surface area contributed by atoms with Gasteiger partial charge in [-0.15, -0.1) is 5.10 Å². The molecule has 0 aliphatic carbocycles. The van der Waals surface area contributed by atoms with Crippen LogP contribution in [0.1, 0.15) is 25.5 Å². The minimum atomic E-state index is -0.00370. The molecule has 0 aromatic carbocycles. The van der Waals surface area contributed by atoms with Gasteiger partial charge < -0.3 is 9.73 Å². The lowest BCUT2D eigenvalue weighted by molar-refractivity contribution is -0.118. The minimum Gasteiger partial charge on any atom is -0.467 e. The van der Waals surface area contributed by atoms with Crippen LogP contribution in [-0.4, -0.2) is 38.4 Å². The molecule has 0 fully saturated rings. The zero-order chi connectivity index (χ0) is 14.2. The maximum Gasteiger partial charge on any atom is 0.230 e. The summed E-state index contributed by atoms with van der Waals surface area (Å²) in [6.07, 6.45) is 3.66. The highest BCUT2D eigenvalue weighted by Crippen LogP contribution is 2.14. The van der Waals surface area contributed by atoms with Crippen LogP contribution >= 0.6 is 11.8 Å². The Morgan fingerprint density at radius 1 is 1.55 bits per heavy atom. The maximum absolute atomic E-state index is 11.6. The van der Waals surface area contributed by atoms with E-state index in [4.69, 9.17) is 4.42 Å². The minimum absolute atomic E-state index is 0.00370. The standard InChI is InChI=1S/C12H17N5O2S/c1-2-3-6-13-11(18)9-20-12-14-15-16-17(12)8-10-5-4-7-19-10/h4-5,7H,2-3,6,8-9H2,1H3,(H,13,18). The number of thioether (sulfide) groups is 1. The number of tetrazole rings is 1. The van der Waals surface area contributed by atoms with Crippen molar-refractivity contribution >= 4 is 17.7 Å². The van der Waals surface area contributed by atoms with Crippen LogP contribution in [0.25, 0.3) is 0 Å². The van der Waals surface area contributed by atoms with Crippen molar-refractivity contribution in [2.75, 3.05) is 12.3 Å². The fraction of sp³-hybridized carbons (Fsp3) is 0.500. The molecular formula is C12H17N5O2S. The third-order valence-corrected chi connectivity index (χ3v) is 3.53. The first-order valence-corrected chi connectivity index (χ1v) is 7.46. The first kappa shape index (κ1) is 14.6. The van der Waals surface area contributed by atoms with Gasteiger partial charge in [-0.1, -0.05) is 25.1 Å². The van der Waals surface area contributed by atoms with Gasteiger partial charge in [-0.3, -0.25) is 4.79 Å². The number of hydrogen-bond donors (Lipinski definition) is 1. The summed E-state index contributed by atoms with van der Waals surface area (Å²) in [7, 11) is 0. The summed E-state index contributed by atoms with van der Waals surface area (Å²) < 4.78 is 6.86. The van der Waals surface area contributed by atoms with Crippen LogP contribution in [-0.2, 0) is 11.3 Å². The van der Waals surface area contributed by atoms with Crippen LogP contribution < -0.4 is 5.32 Å². The summed E-state index contributed by atoms with van der Waals surface area (Å²) in [6, 6.07) is 3.67. The van der Waals surface area contributed by atoms with Crippen molar-refractivity contribution in [3.8, 4) is 0 Å². The molecule has 0 unspecified atom stereocenters. The molecule has 1 amide bonds. The van der Waals surface area contributed by atoms with E-state index < -0.39 is 0 Å². The molecule has 1 N–H and O–H groups in total. The Balaban J connectivity index is 1.81. The number of carbonyl (C=O) groups is 1. The van der Waals surface area contributed by atoms with Crippen LogP contribution in [0, 0.1) is 0 Å². The molecule has 7 nitrogen and oxygen atoms in total. The summed E-state index contributed by atoms with van der Waals surface area (Å²) in [6.45, 7) is 3.26. The number of carbonyl (C=O) groups excluding carboxylic acids is 1. The first-order chi connectivity index (χ1) is 9.79. The summed E-state index contributed by atoms with van der Waals surface area (Å²) in [5, 5.41) is 14.9. The smallest absolute Gasteiger partial charge is 0.230 e. The first-order valence-electron chi connectivity index (χ1n) is 6.47. The average molecular weight is 295 g/mol. The summed E-state index contributed by atoms with van der Waals surface area (Å²) in [5.41, 5.74) is 0. The number of rotatable bonds is 8. The van der Waals surface area contributed by atoms with Gasteiger partial charge in [0.15, 0.2) is 0 Å². The summed E-state index contributed by atoms with van der Waals surface area (Å²) in [5.74, 6) is 1.07. The predicted octanol–water partition coefficient (Wildman–Crippen LogP) is 1.32. The number of nitrogens with one attached hydrogen (secondary N) is 1. The van der Waals surface area contributed by atoms with E-state index in [0.29, 0.717) is 24.0 Å². The molecule has 2 aromatic rings. The molecule has 0 aliphatic heterocycles. The van der Waals surface area contributed by atoms with Crippen LogP contribution in [0.5, 0.6) is 0 Å². The van der Waals surface area contributed by atoms with Crippen molar-refractivity contribution in [2.45, 2.75) is 31.5 Å². The van der Waals surface area contributed by atoms with Gasteiger partial charge in [0.05, 0.1) is 12.0 Å². The van der Waals surface area contributed by atoms with E-state index in [1.54, 1.807) is 10.9 Å². The van der Waals surface area contributed by atoms with E-state index in [-0.39, 0.29) is 5.91 Å². The Labute approximate surface area is 121 Å². The van der Waals surface area contributed by atoms with Gasteiger partial charge in [0, 0.05) is 6.54 Å². The van der Waals surface area contributed by atoms with Crippen molar-refractivity contribution in [1.82, 2.24) is 25.5 Å². The Kier molecular flexibility index (Phi) is 5.60. The molecule has 2 heterocycles. The molecule has 0 aliphatic rings. The van der Waals surface area contributed by atoms with Gasteiger partial charge >= 0.3 is 0 Å². The highest BCUT2D eigenvalue weighted by atomic mass is 32.2. The predicted molar refractivity (Wildman–Crippen MR) is 74.3 cm³/mol. The van der Waals surface area contributed by atoms with Gasteiger partial charge in [-0.25, -0.2) is 4.68 Å². The van der Waals surface area contributed by atoms with E-state index in [2.05, 4.69) is 27.8 Å². The van der Waals surface area contributed by atoms with Crippen molar-refractivity contribution in [3.05, 3.63) is 24.2 Å². The van der Waals surface area contributed by atoms with Gasteiger partial charge in [-0.05, 0) is 29.0 Å². The molecule has 108 valence electrons. The van der Waals surface area contributed by atoms with E-state index >= 15 is 0 Å². The third kappa shape index (κ3) is 4.37. The molecule has 0 bridgehead atoms. The van der Waals surface area contributed by atoms with Crippen LogP contribution in [0.15, 0.2) is 28.0 Å². The Morgan fingerprint density at radius 3 is 3.20 bits per heavy atom. The molecule has 0 spiro atoms. The van der Waals surface area contributed by atoms with Crippen molar-refractivity contribution in [1.29, 1.82) is 0 Å². The molecular weight excluding hydrogens is 278 g/mol. The highest BCUT2D eigenvalue weighted by Gasteiger charge is 2.11. The normalized spacial score (nSPS) is 10.7. The van der Waals surface area contributed by atoms with Crippen molar-refractivity contribution < 1.29 is 9.21 Å². The number of aromatic nitrogens is 4. The van der Waals surface area contributed by atoms with Crippen LogP contribution in [0.2, 0.25) is 0 Å². The zero-order valence-electron chi connectivity index (χ0n) is 11.3. The van der Waals surface area contributed by atoms with E-state index in [0.717, 1.165) is 18.6 Å². The maximum atomic E-state index is 11.6. The zero-order valence-corrected chi connectivity index (χ0v) is 12.1. The van der Waals surface area contributed by atoms with Gasteiger partial charge in [0.1, 0.15) is 12.3 Å². The van der Waals surface area contributed by atoms with Crippen molar-refractivity contribution in [2.24, 2.45) is 0 Å². The fourth-order valence-electron chi connectivity index (χ4n) is 1.53. The number of hydrogen-bond acceptors (Lipinski definition) is 6. The second-order valence-electron chi connectivity index (χ2n) is 4.19. The van der Waals surface area contributed by atoms with Crippen LogP contribution in [0.4, 0.5) is 0 Å². The molecule has 0 atom stereocenters. The third-order valence-electron chi connectivity index (χ3n) is 2.57. The molecule has 0 saturated heterocycles. The average Bonchev–Trinajstić information content (AvgIpc) is 3.09. The second-order valence-corrected chi connectivity index (χ2v) is 5.13. The van der Waals surface area contributed by atoms with Gasteiger partial charge in [0.25, 0.3) is 0 Å². The lowest BCUT2D eigenvalue weighted by Crippen LogP contribution is -2.26. The second kappa shape index (κ2) is 7.68. The monoisotopic (exact) mass is 295 g/mol. The molecule has 2 aromatic heterocycles. The largest absolute Gasteiger partial charge is 0.467 e. The highest BCUT2D eigenvalue weighted by molar-refractivity contribution is 7.99.